The minimum absolute atomic E-state index is 0.105. The van der Waals surface area contributed by atoms with Crippen LogP contribution in [0, 0.1) is 0 Å². The number of aliphatic hydroxyl groups is 1. The lowest BCUT2D eigenvalue weighted by Crippen LogP contribution is -1.86. The second kappa shape index (κ2) is 6.04. The van der Waals surface area contributed by atoms with Crippen LogP contribution in [0.2, 0.25) is 0 Å². The highest BCUT2D eigenvalue weighted by molar-refractivity contribution is 5.14. The van der Waals surface area contributed by atoms with Gasteiger partial charge in [0.05, 0.1) is 6.61 Å². The molecule has 0 aliphatic rings. The maximum atomic E-state index is 12.1. The Hall–Kier alpha value is -0.700. The third-order valence-corrected chi connectivity index (χ3v) is 1.28. The van der Waals surface area contributed by atoms with Gasteiger partial charge in [0.15, 0.2) is 0 Å². The van der Waals surface area contributed by atoms with Crippen LogP contribution in [0.1, 0.15) is 13.3 Å². The molecule has 0 saturated carbocycles. The van der Waals surface area contributed by atoms with Crippen molar-refractivity contribution in [2.75, 3.05) is 13.3 Å². The third kappa shape index (κ3) is 4.67. The van der Waals surface area contributed by atoms with Crippen LogP contribution < -0.4 is 0 Å². The van der Waals surface area contributed by atoms with E-state index in [1.807, 2.05) is 6.92 Å². The summed E-state index contributed by atoms with van der Waals surface area (Å²) < 4.78 is 23.6. The van der Waals surface area contributed by atoms with Crippen LogP contribution >= 0.6 is 0 Å². The van der Waals surface area contributed by atoms with Gasteiger partial charge in [-0.15, -0.1) is 0 Å². The Bertz CT molecular complexity index is 155. The smallest absolute Gasteiger partial charge is 0.141 e. The summed E-state index contributed by atoms with van der Waals surface area (Å²) in [5.41, 5.74) is 0.689. The highest BCUT2D eigenvalue weighted by Crippen LogP contribution is 2.02. The van der Waals surface area contributed by atoms with E-state index in [9.17, 15) is 8.78 Å². The summed E-state index contributed by atoms with van der Waals surface area (Å²) in [6.45, 7) is 0.648. The second-order valence-electron chi connectivity index (χ2n) is 2.08. The quantitative estimate of drug-likeness (QED) is 0.628. The molecule has 0 rings (SSSR count). The average Bonchev–Trinajstić information content (AvgIpc) is 2.06. The van der Waals surface area contributed by atoms with Gasteiger partial charge in [-0.3, -0.25) is 0 Å². The van der Waals surface area contributed by atoms with E-state index in [-0.39, 0.29) is 6.61 Å². The van der Waals surface area contributed by atoms with E-state index in [0.29, 0.717) is 12.0 Å². The lowest BCUT2D eigenvalue weighted by atomic mass is 10.2. The lowest BCUT2D eigenvalue weighted by Gasteiger charge is -1.94. The summed E-state index contributed by atoms with van der Waals surface area (Å²) in [6, 6.07) is 0. The van der Waals surface area contributed by atoms with Crippen LogP contribution in [0.25, 0.3) is 0 Å². The molecule has 1 N–H and O–H groups in total. The third-order valence-electron chi connectivity index (χ3n) is 1.28. The Morgan fingerprint density at radius 1 is 1.45 bits per heavy atom. The van der Waals surface area contributed by atoms with Crippen molar-refractivity contribution >= 4 is 0 Å². The van der Waals surface area contributed by atoms with E-state index in [0.717, 1.165) is 6.08 Å². The van der Waals surface area contributed by atoms with Crippen LogP contribution in [0.4, 0.5) is 8.78 Å². The number of hydrogen-bond acceptors (Lipinski definition) is 1. The molecule has 11 heavy (non-hydrogen) atoms. The van der Waals surface area contributed by atoms with E-state index >= 15 is 0 Å². The van der Waals surface area contributed by atoms with Gasteiger partial charge in [0.2, 0.25) is 0 Å². The molecule has 0 aliphatic carbocycles. The van der Waals surface area contributed by atoms with Gasteiger partial charge in [-0.25, -0.2) is 8.78 Å². The van der Waals surface area contributed by atoms with Gasteiger partial charge >= 0.3 is 0 Å². The number of allylic oxidation sites excluding steroid dienone is 3. The fourth-order valence-corrected chi connectivity index (χ4v) is 0.535. The van der Waals surface area contributed by atoms with E-state index in [1.54, 1.807) is 0 Å². The predicted octanol–water partition coefficient (Wildman–Crippen LogP) is 2.14. The van der Waals surface area contributed by atoms with Crippen molar-refractivity contribution in [2.45, 2.75) is 13.3 Å². The Balaban J connectivity index is 4.06. The Morgan fingerprint density at radius 2 is 2.09 bits per heavy atom. The molecule has 3 heteroatoms. The molecule has 0 aromatic heterocycles. The van der Waals surface area contributed by atoms with E-state index in [2.05, 4.69) is 0 Å². The Morgan fingerprint density at radius 3 is 2.45 bits per heavy atom. The fourth-order valence-electron chi connectivity index (χ4n) is 0.535. The van der Waals surface area contributed by atoms with E-state index in [1.165, 1.54) is 6.08 Å². The molecule has 0 spiro atoms. The Labute approximate surface area is 65.0 Å². The van der Waals surface area contributed by atoms with Gasteiger partial charge in [-0.2, -0.15) is 0 Å². The van der Waals surface area contributed by atoms with Crippen molar-refractivity contribution in [3.05, 3.63) is 23.6 Å². The van der Waals surface area contributed by atoms with E-state index < -0.39 is 12.5 Å². The SMILES string of the molecule is CCC(=CC=C(F)CF)CO. The topological polar surface area (TPSA) is 20.2 Å². The second-order valence-corrected chi connectivity index (χ2v) is 2.08. The van der Waals surface area contributed by atoms with Gasteiger partial charge in [-0.1, -0.05) is 13.0 Å². The molecule has 0 fully saturated rings. The van der Waals surface area contributed by atoms with Crippen molar-refractivity contribution < 1.29 is 13.9 Å². The largest absolute Gasteiger partial charge is 0.392 e. The van der Waals surface area contributed by atoms with Gasteiger partial charge < -0.3 is 5.11 Å². The first-order chi connectivity index (χ1) is 5.24. The fraction of sp³-hybridized carbons (Fsp3) is 0.500. The summed E-state index contributed by atoms with van der Waals surface area (Å²) >= 11 is 0. The van der Waals surface area contributed by atoms with Crippen molar-refractivity contribution in [1.29, 1.82) is 0 Å². The monoisotopic (exact) mass is 162 g/mol. The maximum Gasteiger partial charge on any atom is 0.141 e. The van der Waals surface area contributed by atoms with Gasteiger partial charge in [0, 0.05) is 0 Å². The molecule has 0 unspecified atom stereocenters. The number of alkyl halides is 1. The van der Waals surface area contributed by atoms with Gasteiger partial charge in [-0.05, 0) is 18.1 Å². The number of aliphatic hydroxyl groups excluding tert-OH is 1. The summed E-state index contributed by atoms with van der Waals surface area (Å²) in [5.74, 6) is -0.815. The molecule has 0 saturated heterocycles. The van der Waals surface area contributed by atoms with Gasteiger partial charge in [0.1, 0.15) is 12.5 Å². The summed E-state index contributed by atoms with van der Waals surface area (Å²) in [7, 11) is 0. The average molecular weight is 162 g/mol. The number of halogens is 2. The normalized spacial score (nSPS) is 13.8. The number of hydrogen-bond donors (Lipinski definition) is 1. The zero-order valence-corrected chi connectivity index (χ0v) is 6.48. The first kappa shape index (κ1) is 10.3. The Kier molecular flexibility index (Phi) is 5.65. The first-order valence-electron chi connectivity index (χ1n) is 3.45. The van der Waals surface area contributed by atoms with Crippen LogP contribution in [0.3, 0.4) is 0 Å². The molecule has 0 bridgehead atoms. The maximum absolute atomic E-state index is 12.1. The zero-order chi connectivity index (χ0) is 8.69. The molecule has 1 nitrogen and oxygen atoms in total. The molecule has 0 aromatic rings. The predicted molar refractivity (Wildman–Crippen MR) is 40.6 cm³/mol. The summed E-state index contributed by atoms with van der Waals surface area (Å²) in [4.78, 5) is 0. The lowest BCUT2D eigenvalue weighted by molar-refractivity contribution is 0.327. The van der Waals surface area contributed by atoms with Crippen molar-refractivity contribution in [3.8, 4) is 0 Å². The standard InChI is InChI=1S/C8H12F2O/c1-2-7(6-11)3-4-8(10)5-9/h3-4,11H,2,5-6H2,1H3. The van der Waals surface area contributed by atoms with Crippen LogP contribution in [-0.2, 0) is 0 Å². The van der Waals surface area contributed by atoms with Crippen molar-refractivity contribution in [3.63, 3.8) is 0 Å². The highest BCUT2D eigenvalue weighted by Gasteiger charge is 1.91. The van der Waals surface area contributed by atoms with Crippen molar-refractivity contribution in [1.82, 2.24) is 0 Å². The van der Waals surface area contributed by atoms with Gasteiger partial charge in [0.25, 0.3) is 0 Å². The molecule has 0 amide bonds. The van der Waals surface area contributed by atoms with Crippen molar-refractivity contribution in [2.24, 2.45) is 0 Å². The van der Waals surface area contributed by atoms with Crippen LogP contribution in [0.5, 0.6) is 0 Å². The molecule has 0 aromatic carbocycles. The summed E-state index contributed by atoms with van der Waals surface area (Å²) in [6.07, 6.45) is 3.08. The summed E-state index contributed by atoms with van der Waals surface area (Å²) in [5, 5.41) is 8.60. The number of rotatable bonds is 4. The zero-order valence-electron chi connectivity index (χ0n) is 6.48. The first-order valence-corrected chi connectivity index (χ1v) is 3.45. The van der Waals surface area contributed by atoms with Crippen LogP contribution in [-0.4, -0.2) is 18.4 Å². The molecule has 0 atom stereocenters. The highest BCUT2D eigenvalue weighted by atomic mass is 19.2. The molecule has 0 heterocycles. The molecule has 0 aliphatic heterocycles. The van der Waals surface area contributed by atoms with Crippen LogP contribution in [0.15, 0.2) is 23.6 Å². The molecule has 64 valence electrons. The molecular formula is C8H12F2O. The minimum atomic E-state index is -1.08. The minimum Gasteiger partial charge on any atom is -0.392 e. The molecule has 0 radical (unpaired) electrons. The molecular weight excluding hydrogens is 150 g/mol. The van der Waals surface area contributed by atoms with E-state index in [4.69, 9.17) is 5.11 Å².